The van der Waals surface area contributed by atoms with Gasteiger partial charge in [0.15, 0.2) is 11.4 Å². The average molecular weight is 328 g/mol. The number of fused-ring (bicyclic) bond motifs is 6. The third kappa shape index (κ3) is 2.69. The molecule has 120 valence electrons. The van der Waals surface area contributed by atoms with Gasteiger partial charge in [0.2, 0.25) is 0 Å². The first-order valence-corrected chi connectivity index (χ1v) is 7.49. The zero-order valence-electron chi connectivity index (χ0n) is 13.3. The fraction of sp³-hybridized carbons (Fsp3) is 0.111. The molecule has 4 aromatic rings. The molecule has 0 bridgehead atoms. The first-order chi connectivity index (χ1) is 12.2. The summed E-state index contributed by atoms with van der Waals surface area (Å²) in [5, 5.41) is 27.4. The second-order valence-electron chi connectivity index (χ2n) is 4.96. The standard InChI is InChI=1S/C16H6N6.C2H6O/c17-7-11-12(8-18)22-16-10-4-2-6-20-14(10)13-9(15(16)21-11)3-1-5-19-13;1-2-3/h1-6H;3H,2H2,1H3. The first-order valence-electron chi connectivity index (χ1n) is 7.49. The number of hydrogen-bond donors (Lipinski definition) is 1. The van der Waals surface area contributed by atoms with E-state index in [0.717, 1.165) is 10.8 Å². The molecule has 0 amide bonds. The molecule has 0 radical (unpaired) electrons. The fourth-order valence-corrected chi connectivity index (χ4v) is 2.54. The molecule has 0 aliphatic rings. The van der Waals surface area contributed by atoms with Crippen LogP contribution in [0.5, 0.6) is 0 Å². The monoisotopic (exact) mass is 328 g/mol. The van der Waals surface area contributed by atoms with Gasteiger partial charge < -0.3 is 5.11 Å². The first kappa shape index (κ1) is 16.2. The summed E-state index contributed by atoms with van der Waals surface area (Å²) in [6.07, 6.45) is 3.37. The minimum atomic E-state index is 0.0170. The fourth-order valence-electron chi connectivity index (χ4n) is 2.54. The Morgan fingerprint density at radius 3 is 1.60 bits per heavy atom. The Balaban J connectivity index is 0.000000569. The molecule has 0 aliphatic carbocycles. The van der Waals surface area contributed by atoms with Crippen LogP contribution >= 0.6 is 0 Å². The minimum Gasteiger partial charge on any atom is -0.397 e. The molecule has 0 saturated heterocycles. The summed E-state index contributed by atoms with van der Waals surface area (Å²) in [7, 11) is 0. The van der Waals surface area contributed by atoms with Crippen molar-refractivity contribution < 1.29 is 5.11 Å². The molecule has 7 nitrogen and oxygen atoms in total. The third-order valence-electron chi connectivity index (χ3n) is 3.46. The van der Waals surface area contributed by atoms with Crippen LogP contribution in [0.4, 0.5) is 0 Å². The van der Waals surface area contributed by atoms with E-state index in [1.165, 1.54) is 0 Å². The van der Waals surface area contributed by atoms with Gasteiger partial charge in [-0.25, -0.2) is 9.97 Å². The number of nitriles is 2. The van der Waals surface area contributed by atoms with Crippen LogP contribution in [0, 0.1) is 22.7 Å². The molecule has 7 heteroatoms. The molecule has 0 atom stereocenters. The van der Waals surface area contributed by atoms with Crippen LogP contribution in [0.3, 0.4) is 0 Å². The van der Waals surface area contributed by atoms with E-state index in [2.05, 4.69) is 19.9 Å². The minimum absolute atomic E-state index is 0.0170. The van der Waals surface area contributed by atoms with Crippen molar-refractivity contribution in [3.8, 4) is 12.1 Å². The van der Waals surface area contributed by atoms with Crippen molar-refractivity contribution >= 4 is 32.8 Å². The van der Waals surface area contributed by atoms with Gasteiger partial charge in [0.1, 0.15) is 23.2 Å². The summed E-state index contributed by atoms with van der Waals surface area (Å²) in [5.74, 6) is 0. The predicted octanol–water partition coefficient (Wildman–Crippen LogP) is 2.47. The van der Waals surface area contributed by atoms with E-state index in [0.29, 0.717) is 22.1 Å². The van der Waals surface area contributed by atoms with Gasteiger partial charge in [-0.05, 0) is 31.2 Å². The largest absolute Gasteiger partial charge is 0.397 e. The van der Waals surface area contributed by atoms with Gasteiger partial charge in [0.25, 0.3) is 0 Å². The van der Waals surface area contributed by atoms with Gasteiger partial charge in [0, 0.05) is 29.8 Å². The number of nitrogens with zero attached hydrogens (tertiary/aromatic N) is 6. The average Bonchev–Trinajstić information content (AvgIpc) is 2.67. The van der Waals surface area contributed by atoms with Crippen LogP contribution in [-0.4, -0.2) is 31.6 Å². The number of pyridine rings is 2. The Morgan fingerprint density at radius 2 is 1.24 bits per heavy atom. The van der Waals surface area contributed by atoms with Crippen molar-refractivity contribution in [3.63, 3.8) is 0 Å². The molecule has 1 N–H and O–H groups in total. The maximum Gasteiger partial charge on any atom is 0.177 e. The zero-order chi connectivity index (χ0) is 17.8. The number of hydrogen-bond acceptors (Lipinski definition) is 7. The van der Waals surface area contributed by atoms with Gasteiger partial charge in [-0.1, -0.05) is 0 Å². The van der Waals surface area contributed by atoms with Gasteiger partial charge in [-0.15, -0.1) is 0 Å². The Kier molecular flexibility index (Phi) is 4.42. The molecule has 0 fully saturated rings. The molecular weight excluding hydrogens is 316 g/mol. The molecule has 25 heavy (non-hydrogen) atoms. The number of rotatable bonds is 0. The molecule has 3 aromatic heterocycles. The van der Waals surface area contributed by atoms with E-state index in [4.69, 9.17) is 15.6 Å². The highest BCUT2D eigenvalue weighted by molar-refractivity contribution is 6.20. The summed E-state index contributed by atoms with van der Waals surface area (Å²) in [6.45, 7) is 1.93. The lowest BCUT2D eigenvalue weighted by Crippen LogP contribution is -1.98. The molecule has 0 unspecified atom stereocenters. The summed E-state index contributed by atoms with van der Waals surface area (Å²) in [6, 6.07) is 11.2. The van der Waals surface area contributed by atoms with Crippen molar-refractivity contribution in [2.45, 2.75) is 6.92 Å². The Morgan fingerprint density at radius 1 is 0.840 bits per heavy atom. The van der Waals surface area contributed by atoms with Crippen molar-refractivity contribution in [2.75, 3.05) is 6.61 Å². The summed E-state index contributed by atoms with van der Waals surface area (Å²) >= 11 is 0. The molecule has 4 rings (SSSR count). The Labute approximate surface area is 142 Å². The molecule has 3 heterocycles. The molecule has 1 aromatic carbocycles. The molecule has 0 aliphatic heterocycles. The second kappa shape index (κ2) is 6.83. The molecular formula is C18H12N6O. The van der Waals surface area contributed by atoms with Gasteiger partial charge >= 0.3 is 0 Å². The second-order valence-corrected chi connectivity index (χ2v) is 4.96. The quantitative estimate of drug-likeness (QED) is 0.492. The van der Waals surface area contributed by atoms with E-state index in [-0.39, 0.29) is 18.0 Å². The topological polar surface area (TPSA) is 119 Å². The Bertz CT molecular complexity index is 1080. The van der Waals surface area contributed by atoms with Crippen molar-refractivity contribution in [1.82, 2.24) is 19.9 Å². The van der Waals surface area contributed by atoms with Crippen LogP contribution in [0.15, 0.2) is 36.7 Å². The van der Waals surface area contributed by atoms with Crippen LogP contribution < -0.4 is 0 Å². The SMILES string of the molecule is CCO.N#Cc1nc2c3cccnc3c3ncccc3c2nc1C#N. The smallest absolute Gasteiger partial charge is 0.177 e. The van der Waals surface area contributed by atoms with Crippen LogP contribution in [0.25, 0.3) is 32.8 Å². The lowest BCUT2D eigenvalue weighted by Gasteiger charge is -2.07. The lowest BCUT2D eigenvalue weighted by molar-refractivity contribution is 0.318. The van der Waals surface area contributed by atoms with Crippen LogP contribution in [-0.2, 0) is 0 Å². The number of aliphatic hydroxyl groups is 1. The predicted molar refractivity (Wildman–Crippen MR) is 92.3 cm³/mol. The molecule has 0 spiro atoms. The summed E-state index contributed by atoms with van der Waals surface area (Å²) in [4.78, 5) is 17.4. The third-order valence-corrected chi connectivity index (χ3v) is 3.46. The highest BCUT2D eigenvalue weighted by Gasteiger charge is 2.15. The molecule has 0 saturated carbocycles. The van der Waals surface area contributed by atoms with E-state index in [9.17, 15) is 0 Å². The van der Waals surface area contributed by atoms with Crippen LogP contribution in [0.2, 0.25) is 0 Å². The maximum absolute atomic E-state index is 9.16. The summed E-state index contributed by atoms with van der Waals surface area (Å²) in [5.41, 5.74) is 2.55. The maximum atomic E-state index is 9.16. The van der Waals surface area contributed by atoms with Crippen LogP contribution in [0.1, 0.15) is 18.3 Å². The van der Waals surface area contributed by atoms with Crippen molar-refractivity contribution in [2.24, 2.45) is 0 Å². The van der Waals surface area contributed by atoms with Crippen molar-refractivity contribution in [1.29, 1.82) is 10.5 Å². The van der Waals surface area contributed by atoms with Gasteiger partial charge in [0.05, 0.1) is 11.0 Å². The van der Waals surface area contributed by atoms with Crippen molar-refractivity contribution in [3.05, 3.63) is 48.0 Å². The number of benzene rings is 1. The zero-order valence-corrected chi connectivity index (χ0v) is 13.3. The van der Waals surface area contributed by atoms with E-state index >= 15 is 0 Å². The number of aliphatic hydroxyl groups excluding tert-OH is 1. The van der Waals surface area contributed by atoms with E-state index < -0.39 is 0 Å². The lowest BCUT2D eigenvalue weighted by atomic mass is 10.1. The van der Waals surface area contributed by atoms with E-state index in [1.807, 2.05) is 24.3 Å². The summed E-state index contributed by atoms with van der Waals surface area (Å²) < 4.78 is 0. The Hall–Kier alpha value is -3.68. The normalized spacial score (nSPS) is 10.1. The van der Waals surface area contributed by atoms with Gasteiger partial charge in [-0.3, -0.25) is 9.97 Å². The highest BCUT2D eigenvalue weighted by Crippen LogP contribution is 2.30. The highest BCUT2D eigenvalue weighted by atomic mass is 16.2. The van der Waals surface area contributed by atoms with E-state index in [1.54, 1.807) is 31.5 Å². The van der Waals surface area contributed by atoms with Gasteiger partial charge in [-0.2, -0.15) is 10.5 Å². The number of aromatic nitrogens is 4.